The second-order valence-electron chi connectivity index (χ2n) is 5.98. The smallest absolute Gasteiger partial charge is 0.308 e. The van der Waals surface area contributed by atoms with E-state index in [9.17, 15) is 14.7 Å². The van der Waals surface area contributed by atoms with E-state index < -0.39 is 23.8 Å². The highest BCUT2D eigenvalue weighted by atomic mass is 16.5. The van der Waals surface area contributed by atoms with Crippen LogP contribution in [0, 0.1) is 5.92 Å². The van der Waals surface area contributed by atoms with Gasteiger partial charge in [0.15, 0.2) is 0 Å². The molecule has 2 atom stereocenters. The highest BCUT2D eigenvalue weighted by Crippen LogP contribution is 2.26. The summed E-state index contributed by atoms with van der Waals surface area (Å²) in [6.07, 6.45) is 1.19. The number of likely N-dealkylation sites (tertiary alicyclic amines) is 1. The van der Waals surface area contributed by atoms with Crippen LogP contribution in [0.15, 0.2) is 28.8 Å². The SMILES string of the molecule is COc1cccc(-c2nc(C(=O)N3CCC[C@H](C(=O)O)[C@@H]3C)no2)c1. The molecule has 1 aliphatic heterocycles. The largest absolute Gasteiger partial charge is 0.497 e. The van der Waals surface area contributed by atoms with Crippen LogP contribution >= 0.6 is 0 Å². The first kappa shape index (κ1) is 16.9. The van der Waals surface area contributed by atoms with E-state index in [1.165, 1.54) is 4.90 Å². The number of carboxylic acid groups (broad SMARTS) is 1. The van der Waals surface area contributed by atoms with Gasteiger partial charge in [-0.3, -0.25) is 9.59 Å². The lowest BCUT2D eigenvalue weighted by atomic mass is 9.90. The van der Waals surface area contributed by atoms with Crippen molar-refractivity contribution in [1.82, 2.24) is 15.0 Å². The van der Waals surface area contributed by atoms with Gasteiger partial charge in [-0.25, -0.2) is 0 Å². The van der Waals surface area contributed by atoms with Gasteiger partial charge in [0.2, 0.25) is 0 Å². The minimum atomic E-state index is -0.893. The standard InChI is InChI=1S/C17H19N3O5/c1-10-13(17(22)23)7-4-8-20(10)16(21)14-18-15(25-19-14)11-5-3-6-12(9-11)24-2/h3,5-6,9-10,13H,4,7-8H2,1-2H3,(H,22,23)/t10-,13-/m0/s1. The molecule has 0 bridgehead atoms. The lowest BCUT2D eigenvalue weighted by Crippen LogP contribution is -2.49. The summed E-state index contributed by atoms with van der Waals surface area (Å²) in [6.45, 7) is 2.21. The van der Waals surface area contributed by atoms with Crippen LogP contribution in [0.3, 0.4) is 0 Å². The molecule has 1 aromatic heterocycles. The molecule has 1 aromatic carbocycles. The summed E-state index contributed by atoms with van der Waals surface area (Å²) >= 11 is 0. The zero-order valence-electron chi connectivity index (χ0n) is 14.0. The Morgan fingerprint density at radius 1 is 1.40 bits per heavy atom. The minimum absolute atomic E-state index is 0.0734. The summed E-state index contributed by atoms with van der Waals surface area (Å²) in [5.41, 5.74) is 0.640. The van der Waals surface area contributed by atoms with Gasteiger partial charge in [-0.2, -0.15) is 4.98 Å². The number of rotatable bonds is 4. The quantitative estimate of drug-likeness (QED) is 0.904. The van der Waals surface area contributed by atoms with Gasteiger partial charge in [-0.1, -0.05) is 11.2 Å². The number of methoxy groups -OCH3 is 1. The summed E-state index contributed by atoms with van der Waals surface area (Å²) in [7, 11) is 1.55. The van der Waals surface area contributed by atoms with Gasteiger partial charge >= 0.3 is 5.97 Å². The van der Waals surface area contributed by atoms with Crippen molar-refractivity contribution in [3.8, 4) is 17.2 Å². The van der Waals surface area contributed by atoms with Crippen molar-refractivity contribution in [3.05, 3.63) is 30.1 Å². The Morgan fingerprint density at radius 3 is 2.92 bits per heavy atom. The van der Waals surface area contributed by atoms with E-state index in [1.807, 2.05) is 0 Å². The van der Waals surface area contributed by atoms with Crippen LogP contribution in [-0.2, 0) is 4.79 Å². The zero-order chi connectivity index (χ0) is 18.0. The van der Waals surface area contributed by atoms with E-state index in [0.29, 0.717) is 30.7 Å². The molecule has 0 spiro atoms. The molecule has 8 heteroatoms. The van der Waals surface area contributed by atoms with Gasteiger partial charge in [0.1, 0.15) is 5.75 Å². The molecule has 0 unspecified atom stereocenters. The Bertz CT molecular complexity index is 788. The first-order valence-corrected chi connectivity index (χ1v) is 8.03. The topological polar surface area (TPSA) is 106 Å². The number of aliphatic carboxylic acids is 1. The van der Waals surface area contributed by atoms with E-state index in [-0.39, 0.29) is 11.7 Å². The summed E-state index contributed by atoms with van der Waals surface area (Å²) in [5.74, 6) is -1.12. The predicted molar refractivity (Wildman–Crippen MR) is 87.1 cm³/mol. The van der Waals surface area contributed by atoms with Crippen LogP contribution in [0.5, 0.6) is 5.75 Å². The Hall–Kier alpha value is -2.90. The van der Waals surface area contributed by atoms with Gasteiger partial charge in [-0.05, 0) is 38.0 Å². The third kappa shape index (κ3) is 3.33. The second kappa shape index (κ2) is 6.92. The molecular formula is C17H19N3O5. The van der Waals surface area contributed by atoms with Crippen molar-refractivity contribution in [2.24, 2.45) is 5.92 Å². The Morgan fingerprint density at radius 2 is 2.20 bits per heavy atom. The van der Waals surface area contributed by atoms with Crippen LogP contribution in [0.1, 0.15) is 30.4 Å². The lowest BCUT2D eigenvalue weighted by Gasteiger charge is -2.36. The Labute approximate surface area is 144 Å². The highest BCUT2D eigenvalue weighted by molar-refractivity contribution is 5.91. The molecule has 8 nitrogen and oxygen atoms in total. The number of amides is 1. The number of piperidine rings is 1. The van der Waals surface area contributed by atoms with Crippen molar-refractivity contribution in [3.63, 3.8) is 0 Å². The number of hydrogen-bond donors (Lipinski definition) is 1. The molecule has 132 valence electrons. The van der Waals surface area contributed by atoms with Crippen molar-refractivity contribution in [1.29, 1.82) is 0 Å². The fraction of sp³-hybridized carbons (Fsp3) is 0.412. The summed E-state index contributed by atoms with van der Waals surface area (Å²) < 4.78 is 10.3. The van der Waals surface area contributed by atoms with E-state index in [2.05, 4.69) is 10.1 Å². The molecule has 25 heavy (non-hydrogen) atoms. The van der Waals surface area contributed by atoms with Gasteiger partial charge in [0.05, 0.1) is 13.0 Å². The van der Waals surface area contributed by atoms with Crippen molar-refractivity contribution >= 4 is 11.9 Å². The van der Waals surface area contributed by atoms with Crippen LogP contribution in [0.4, 0.5) is 0 Å². The summed E-state index contributed by atoms with van der Waals surface area (Å²) in [4.78, 5) is 29.7. The number of aromatic nitrogens is 2. The molecular weight excluding hydrogens is 326 g/mol. The second-order valence-corrected chi connectivity index (χ2v) is 5.98. The minimum Gasteiger partial charge on any atom is -0.497 e. The average Bonchev–Trinajstić information content (AvgIpc) is 3.11. The van der Waals surface area contributed by atoms with Gasteiger partial charge in [0, 0.05) is 18.2 Å². The van der Waals surface area contributed by atoms with Gasteiger partial charge in [-0.15, -0.1) is 0 Å². The van der Waals surface area contributed by atoms with E-state index in [4.69, 9.17) is 9.26 Å². The zero-order valence-corrected chi connectivity index (χ0v) is 14.0. The predicted octanol–water partition coefficient (Wildman–Crippen LogP) is 2.07. The maximum atomic E-state index is 12.7. The molecule has 1 saturated heterocycles. The van der Waals surface area contributed by atoms with Crippen molar-refractivity contribution in [2.75, 3.05) is 13.7 Å². The monoisotopic (exact) mass is 345 g/mol. The molecule has 2 heterocycles. The van der Waals surface area contributed by atoms with E-state index in [1.54, 1.807) is 38.3 Å². The molecule has 0 saturated carbocycles. The maximum absolute atomic E-state index is 12.7. The first-order chi connectivity index (χ1) is 12.0. The average molecular weight is 345 g/mol. The molecule has 1 N–H and O–H groups in total. The third-order valence-corrected chi connectivity index (χ3v) is 4.50. The number of carboxylic acids is 1. The fourth-order valence-corrected chi connectivity index (χ4v) is 3.07. The van der Waals surface area contributed by atoms with Gasteiger partial charge in [0.25, 0.3) is 17.6 Å². The summed E-state index contributed by atoms with van der Waals surface area (Å²) in [6, 6.07) is 6.65. The molecule has 1 fully saturated rings. The number of nitrogens with zero attached hydrogens (tertiary/aromatic N) is 3. The molecule has 0 radical (unpaired) electrons. The van der Waals surface area contributed by atoms with Crippen LogP contribution in [-0.4, -0.2) is 51.7 Å². The molecule has 0 aliphatic carbocycles. The number of carbonyl (C=O) groups is 2. The Kier molecular flexibility index (Phi) is 4.69. The fourth-order valence-electron chi connectivity index (χ4n) is 3.07. The van der Waals surface area contributed by atoms with E-state index >= 15 is 0 Å². The third-order valence-electron chi connectivity index (χ3n) is 4.50. The normalized spacial score (nSPS) is 20.3. The number of carbonyl (C=O) groups excluding carboxylic acids is 1. The van der Waals surface area contributed by atoms with Crippen molar-refractivity contribution < 1.29 is 24.0 Å². The maximum Gasteiger partial charge on any atom is 0.308 e. The Balaban J connectivity index is 1.81. The lowest BCUT2D eigenvalue weighted by molar-refractivity contribution is -0.145. The number of hydrogen-bond acceptors (Lipinski definition) is 6. The van der Waals surface area contributed by atoms with E-state index in [0.717, 1.165) is 0 Å². The highest BCUT2D eigenvalue weighted by Gasteiger charge is 2.37. The molecule has 3 rings (SSSR count). The van der Waals surface area contributed by atoms with Crippen LogP contribution in [0.25, 0.3) is 11.5 Å². The number of ether oxygens (including phenoxy) is 1. The summed E-state index contributed by atoms with van der Waals surface area (Å²) in [5, 5.41) is 13.0. The molecule has 1 aliphatic rings. The van der Waals surface area contributed by atoms with Gasteiger partial charge < -0.3 is 19.3 Å². The van der Waals surface area contributed by atoms with Crippen LogP contribution < -0.4 is 4.74 Å². The molecule has 1 amide bonds. The van der Waals surface area contributed by atoms with Crippen molar-refractivity contribution in [2.45, 2.75) is 25.8 Å². The first-order valence-electron chi connectivity index (χ1n) is 8.03. The van der Waals surface area contributed by atoms with Crippen LogP contribution in [0.2, 0.25) is 0 Å². The number of benzene rings is 1. The molecule has 2 aromatic rings.